The zero-order valence-corrected chi connectivity index (χ0v) is 16.5. The molecule has 0 aliphatic heterocycles. The summed E-state index contributed by atoms with van der Waals surface area (Å²) in [5.74, 6) is -0.215. The molecule has 0 heterocycles. The molecule has 144 valence electrons. The standard InChI is InChI=1S/C21H27N3O3/c1-6-27-18-10-8-7-9-17(18)23-20(26)21(2,3)19(25)22-15-11-13-16(14-12-15)24(4)5/h7-14H,6H2,1-5H3,(H,22,25)(H,23,26). The van der Waals surface area contributed by atoms with Crippen LogP contribution in [0.15, 0.2) is 48.5 Å². The first-order chi connectivity index (χ1) is 12.8. The van der Waals surface area contributed by atoms with Crippen molar-refractivity contribution < 1.29 is 14.3 Å². The summed E-state index contributed by atoms with van der Waals surface area (Å²) < 4.78 is 5.52. The molecule has 2 amide bonds. The summed E-state index contributed by atoms with van der Waals surface area (Å²) in [4.78, 5) is 27.4. The first-order valence-corrected chi connectivity index (χ1v) is 8.87. The molecule has 0 aliphatic rings. The second-order valence-electron chi connectivity index (χ2n) is 6.90. The fourth-order valence-electron chi connectivity index (χ4n) is 2.36. The minimum atomic E-state index is -1.26. The highest BCUT2D eigenvalue weighted by Gasteiger charge is 2.36. The van der Waals surface area contributed by atoms with Crippen molar-refractivity contribution >= 4 is 28.9 Å². The zero-order chi connectivity index (χ0) is 20.0. The van der Waals surface area contributed by atoms with Crippen molar-refractivity contribution in [3.63, 3.8) is 0 Å². The van der Waals surface area contributed by atoms with E-state index in [0.29, 0.717) is 23.7 Å². The van der Waals surface area contributed by atoms with Crippen LogP contribution in [0, 0.1) is 5.41 Å². The van der Waals surface area contributed by atoms with Gasteiger partial charge in [0, 0.05) is 25.5 Å². The van der Waals surface area contributed by atoms with Gasteiger partial charge in [0.25, 0.3) is 0 Å². The fourth-order valence-corrected chi connectivity index (χ4v) is 2.36. The van der Waals surface area contributed by atoms with Crippen LogP contribution < -0.4 is 20.3 Å². The van der Waals surface area contributed by atoms with Gasteiger partial charge in [0.05, 0.1) is 12.3 Å². The highest BCUT2D eigenvalue weighted by atomic mass is 16.5. The lowest BCUT2D eigenvalue weighted by Gasteiger charge is -2.23. The molecule has 0 saturated carbocycles. The number of hydrogen-bond acceptors (Lipinski definition) is 4. The number of nitrogens with one attached hydrogen (secondary N) is 2. The SMILES string of the molecule is CCOc1ccccc1NC(=O)C(C)(C)C(=O)Nc1ccc(N(C)C)cc1. The maximum Gasteiger partial charge on any atom is 0.239 e. The largest absolute Gasteiger partial charge is 0.492 e. The molecule has 0 bridgehead atoms. The maximum atomic E-state index is 12.7. The van der Waals surface area contributed by atoms with Gasteiger partial charge < -0.3 is 20.3 Å². The highest BCUT2D eigenvalue weighted by molar-refractivity contribution is 6.14. The Labute approximate surface area is 160 Å². The number of para-hydroxylation sites is 2. The van der Waals surface area contributed by atoms with Crippen LogP contribution >= 0.6 is 0 Å². The number of ether oxygens (including phenoxy) is 1. The van der Waals surface area contributed by atoms with Crippen molar-refractivity contribution in [2.75, 3.05) is 36.2 Å². The number of amides is 2. The number of nitrogens with zero attached hydrogens (tertiary/aromatic N) is 1. The average molecular weight is 369 g/mol. The summed E-state index contributed by atoms with van der Waals surface area (Å²) >= 11 is 0. The lowest BCUT2D eigenvalue weighted by Crippen LogP contribution is -2.41. The van der Waals surface area contributed by atoms with Gasteiger partial charge >= 0.3 is 0 Å². The molecule has 2 N–H and O–H groups in total. The molecule has 6 heteroatoms. The lowest BCUT2D eigenvalue weighted by molar-refractivity contribution is -0.135. The molecule has 6 nitrogen and oxygen atoms in total. The molecule has 0 aliphatic carbocycles. The van der Waals surface area contributed by atoms with Gasteiger partial charge in [-0.2, -0.15) is 0 Å². The van der Waals surface area contributed by atoms with Gasteiger partial charge in [-0.15, -0.1) is 0 Å². The molecule has 0 fully saturated rings. The third-order valence-corrected chi connectivity index (χ3v) is 4.21. The molecule has 2 aromatic carbocycles. The Morgan fingerprint density at radius 3 is 2.15 bits per heavy atom. The number of hydrogen-bond donors (Lipinski definition) is 2. The van der Waals surface area contributed by atoms with Crippen LogP contribution in [0.5, 0.6) is 5.75 Å². The maximum absolute atomic E-state index is 12.7. The van der Waals surface area contributed by atoms with Crippen LogP contribution in [0.25, 0.3) is 0 Å². The van der Waals surface area contributed by atoms with Gasteiger partial charge in [-0.05, 0) is 57.2 Å². The van der Waals surface area contributed by atoms with Crippen molar-refractivity contribution in [3.05, 3.63) is 48.5 Å². The van der Waals surface area contributed by atoms with Crippen LogP contribution in [-0.4, -0.2) is 32.5 Å². The minimum Gasteiger partial charge on any atom is -0.492 e. The second kappa shape index (κ2) is 8.58. The number of carbonyl (C=O) groups excluding carboxylic acids is 2. The van der Waals surface area contributed by atoms with E-state index in [2.05, 4.69) is 10.6 Å². The fraction of sp³-hybridized carbons (Fsp3) is 0.333. The molecular weight excluding hydrogens is 342 g/mol. The summed E-state index contributed by atoms with van der Waals surface area (Å²) in [5, 5.41) is 5.60. The summed E-state index contributed by atoms with van der Waals surface area (Å²) in [5.41, 5.74) is 0.943. The molecule has 0 radical (unpaired) electrons. The van der Waals surface area contributed by atoms with Crippen LogP contribution in [0.3, 0.4) is 0 Å². The van der Waals surface area contributed by atoms with Crippen molar-refractivity contribution in [1.82, 2.24) is 0 Å². The Hall–Kier alpha value is -3.02. The van der Waals surface area contributed by atoms with Gasteiger partial charge in [-0.25, -0.2) is 0 Å². The Morgan fingerprint density at radius 1 is 0.963 bits per heavy atom. The van der Waals surface area contributed by atoms with E-state index < -0.39 is 11.3 Å². The molecule has 0 spiro atoms. The number of rotatable bonds is 7. The molecule has 0 saturated heterocycles. The van der Waals surface area contributed by atoms with Gasteiger partial charge in [-0.3, -0.25) is 9.59 Å². The zero-order valence-electron chi connectivity index (χ0n) is 16.5. The summed E-state index contributed by atoms with van der Waals surface area (Å²) in [6.45, 7) is 5.54. The normalized spacial score (nSPS) is 10.9. The number of anilines is 3. The van der Waals surface area contributed by atoms with Crippen LogP contribution in [-0.2, 0) is 9.59 Å². The van der Waals surface area contributed by atoms with Crippen molar-refractivity contribution in [2.24, 2.45) is 5.41 Å². The topological polar surface area (TPSA) is 70.7 Å². The number of benzene rings is 2. The van der Waals surface area contributed by atoms with Gasteiger partial charge in [0.1, 0.15) is 11.2 Å². The monoisotopic (exact) mass is 369 g/mol. The van der Waals surface area contributed by atoms with Crippen LogP contribution in [0.2, 0.25) is 0 Å². The minimum absolute atomic E-state index is 0.383. The van der Waals surface area contributed by atoms with E-state index in [1.165, 1.54) is 0 Å². The molecule has 2 rings (SSSR count). The van der Waals surface area contributed by atoms with E-state index in [9.17, 15) is 9.59 Å². The molecule has 27 heavy (non-hydrogen) atoms. The second-order valence-corrected chi connectivity index (χ2v) is 6.90. The van der Waals surface area contributed by atoms with Crippen molar-refractivity contribution in [3.8, 4) is 5.75 Å². The molecule has 2 aromatic rings. The Bertz CT molecular complexity index is 799. The Kier molecular flexibility index (Phi) is 6.45. The van der Waals surface area contributed by atoms with Crippen LogP contribution in [0.4, 0.5) is 17.1 Å². The smallest absolute Gasteiger partial charge is 0.239 e. The van der Waals surface area contributed by atoms with Crippen LogP contribution in [0.1, 0.15) is 20.8 Å². The van der Waals surface area contributed by atoms with E-state index in [4.69, 9.17) is 4.74 Å². The summed E-state index contributed by atoms with van der Waals surface area (Å²) in [7, 11) is 3.89. The lowest BCUT2D eigenvalue weighted by atomic mass is 9.90. The number of carbonyl (C=O) groups is 2. The Morgan fingerprint density at radius 2 is 1.56 bits per heavy atom. The third-order valence-electron chi connectivity index (χ3n) is 4.21. The Balaban J connectivity index is 2.09. The van der Waals surface area contributed by atoms with Gasteiger partial charge in [0.2, 0.25) is 11.8 Å². The quantitative estimate of drug-likeness (QED) is 0.729. The van der Waals surface area contributed by atoms with E-state index >= 15 is 0 Å². The molecule has 0 aromatic heterocycles. The predicted molar refractivity (Wildman–Crippen MR) is 109 cm³/mol. The van der Waals surface area contributed by atoms with E-state index in [1.54, 1.807) is 32.0 Å². The van der Waals surface area contributed by atoms with Gasteiger partial charge in [-0.1, -0.05) is 12.1 Å². The van der Waals surface area contributed by atoms with Gasteiger partial charge in [0.15, 0.2) is 0 Å². The molecule has 0 atom stereocenters. The average Bonchev–Trinajstić information content (AvgIpc) is 2.63. The predicted octanol–water partition coefficient (Wildman–Crippen LogP) is 3.75. The van der Waals surface area contributed by atoms with E-state index in [0.717, 1.165) is 5.69 Å². The van der Waals surface area contributed by atoms with E-state index in [1.807, 2.05) is 56.3 Å². The first kappa shape index (κ1) is 20.3. The summed E-state index contributed by atoms with van der Waals surface area (Å²) in [6, 6.07) is 14.6. The third kappa shape index (κ3) is 5.00. The molecular formula is C21H27N3O3. The van der Waals surface area contributed by atoms with Crippen molar-refractivity contribution in [2.45, 2.75) is 20.8 Å². The summed E-state index contributed by atoms with van der Waals surface area (Å²) in [6.07, 6.45) is 0. The first-order valence-electron chi connectivity index (χ1n) is 8.87. The molecule has 0 unspecified atom stereocenters. The highest BCUT2D eigenvalue weighted by Crippen LogP contribution is 2.27. The van der Waals surface area contributed by atoms with Crippen molar-refractivity contribution in [1.29, 1.82) is 0 Å². The van der Waals surface area contributed by atoms with E-state index in [-0.39, 0.29) is 5.91 Å².